The summed E-state index contributed by atoms with van der Waals surface area (Å²) in [6.45, 7) is 4.01. The number of benzene rings is 3. The molecule has 0 saturated carbocycles. The Labute approximate surface area is 165 Å². The fourth-order valence-electron chi connectivity index (χ4n) is 3.52. The Morgan fingerprint density at radius 1 is 1.04 bits per heavy atom. The fraction of sp³-hybridized carbons (Fsp3) is 0.130. The van der Waals surface area contributed by atoms with Crippen molar-refractivity contribution in [1.29, 1.82) is 0 Å². The van der Waals surface area contributed by atoms with Gasteiger partial charge in [0.25, 0.3) is 5.56 Å². The fourth-order valence-corrected chi connectivity index (χ4v) is 4.49. The molecule has 0 unspecified atom stereocenters. The number of imidazole rings is 1. The van der Waals surface area contributed by atoms with E-state index < -0.39 is 0 Å². The Morgan fingerprint density at radius 3 is 2.68 bits per heavy atom. The summed E-state index contributed by atoms with van der Waals surface area (Å²) in [6.07, 6.45) is 1.99. The number of nitrogens with zero attached hydrogens (tertiary/aromatic N) is 2. The molecule has 0 amide bonds. The Hall–Kier alpha value is -3.18. The largest absolute Gasteiger partial charge is 0.490 e. The zero-order chi connectivity index (χ0) is 19.3. The first kappa shape index (κ1) is 17.0. The monoisotopic (exact) mass is 386 g/mol. The molecule has 0 bridgehead atoms. The topological polar surface area (TPSA) is 43.6 Å². The molecule has 5 heteroatoms. The molecular formula is C23H18N2O2S. The number of hydrogen-bond acceptors (Lipinski definition) is 4. The molecular weight excluding hydrogens is 368 g/mol. The Bertz CT molecular complexity index is 1450. The van der Waals surface area contributed by atoms with E-state index in [0.29, 0.717) is 9.49 Å². The van der Waals surface area contributed by atoms with Crippen molar-refractivity contribution in [2.75, 3.05) is 0 Å². The van der Waals surface area contributed by atoms with Gasteiger partial charge < -0.3 is 4.74 Å². The highest BCUT2D eigenvalue weighted by atomic mass is 32.1. The van der Waals surface area contributed by atoms with Gasteiger partial charge in [0.15, 0.2) is 4.96 Å². The van der Waals surface area contributed by atoms with E-state index in [-0.39, 0.29) is 11.7 Å². The van der Waals surface area contributed by atoms with Gasteiger partial charge in [0.1, 0.15) is 5.75 Å². The van der Waals surface area contributed by atoms with Crippen LogP contribution in [-0.4, -0.2) is 15.5 Å². The summed E-state index contributed by atoms with van der Waals surface area (Å²) in [4.78, 5) is 18.5. The van der Waals surface area contributed by atoms with Crippen molar-refractivity contribution in [3.05, 3.63) is 81.1 Å². The second-order valence-electron chi connectivity index (χ2n) is 7.00. The first-order chi connectivity index (χ1) is 13.6. The molecule has 0 spiro atoms. The minimum atomic E-state index is -0.0443. The van der Waals surface area contributed by atoms with Crippen LogP contribution < -0.4 is 14.8 Å². The lowest BCUT2D eigenvalue weighted by Gasteiger charge is -2.14. The van der Waals surface area contributed by atoms with Crippen LogP contribution in [0.4, 0.5) is 0 Å². The van der Waals surface area contributed by atoms with E-state index in [1.165, 1.54) is 11.3 Å². The summed E-state index contributed by atoms with van der Waals surface area (Å²) in [5.74, 6) is 0.781. The van der Waals surface area contributed by atoms with Crippen LogP contribution in [0.3, 0.4) is 0 Å². The molecule has 2 aromatic heterocycles. The van der Waals surface area contributed by atoms with Crippen molar-refractivity contribution in [3.8, 4) is 5.75 Å². The molecule has 5 aromatic rings. The number of ether oxygens (including phenoxy) is 1. The molecule has 0 saturated heterocycles. The van der Waals surface area contributed by atoms with Crippen LogP contribution in [-0.2, 0) is 0 Å². The molecule has 4 nitrogen and oxygen atoms in total. The number of rotatable bonds is 3. The van der Waals surface area contributed by atoms with Crippen LogP contribution in [0, 0.1) is 0 Å². The molecule has 28 heavy (non-hydrogen) atoms. The van der Waals surface area contributed by atoms with Crippen LogP contribution >= 0.6 is 11.3 Å². The van der Waals surface area contributed by atoms with Gasteiger partial charge in [0, 0.05) is 5.56 Å². The summed E-state index contributed by atoms with van der Waals surface area (Å²) in [7, 11) is 0. The molecule has 0 N–H and O–H groups in total. The maximum absolute atomic E-state index is 13.1. The normalized spacial score (nSPS) is 12.6. The van der Waals surface area contributed by atoms with Gasteiger partial charge in [-0.1, -0.05) is 53.8 Å². The van der Waals surface area contributed by atoms with Gasteiger partial charge in [-0.25, -0.2) is 9.38 Å². The molecule has 3 aromatic carbocycles. The van der Waals surface area contributed by atoms with E-state index in [2.05, 4.69) is 23.2 Å². The third-order valence-corrected chi connectivity index (χ3v) is 5.68. The number of aromatic nitrogens is 2. The minimum Gasteiger partial charge on any atom is -0.490 e. The maximum Gasteiger partial charge on any atom is 0.274 e. The zero-order valence-electron chi connectivity index (χ0n) is 15.5. The quantitative estimate of drug-likeness (QED) is 0.462. The lowest BCUT2D eigenvalue weighted by molar-refractivity contribution is 0.242. The van der Waals surface area contributed by atoms with Crippen LogP contribution in [0.2, 0.25) is 0 Å². The van der Waals surface area contributed by atoms with Gasteiger partial charge in [-0.05, 0) is 48.9 Å². The summed E-state index contributed by atoms with van der Waals surface area (Å²) in [6, 6.07) is 19.9. The highest BCUT2D eigenvalue weighted by Crippen LogP contribution is 2.29. The number of fused-ring (bicyclic) bond motifs is 4. The number of para-hydroxylation sites is 2. The highest BCUT2D eigenvalue weighted by molar-refractivity contribution is 7.15. The summed E-state index contributed by atoms with van der Waals surface area (Å²) >= 11 is 1.41. The summed E-state index contributed by atoms with van der Waals surface area (Å²) in [5, 5.41) is 2.18. The standard InChI is InChI=1S/C23H18N2O2S/c1-14(2)27-20-12-11-15-7-3-4-8-16(15)17(20)13-21-22(26)25-19-10-6-5-9-18(19)24-23(25)28-21/h3-14H,1-2H3/b21-13-. The Balaban J connectivity index is 1.82. The summed E-state index contributed by atoms with van der Waals surface area (Å²) in [5.41, 5.74) is 2.57. The van der Waals surface area contributed by atoms with E-state index in [1.807, 2.05) is 62.4 Å². The third kappa shape index (κ3) is 2.67. The minimum absolute atomic E-state index is 0.0443. The van der Waals surface area contributed by atoms with Gasteiger partial charge in [0.2, 0.25) is 0 Å². The van der Waals surface area contributed by atoms with Crippen LogP contribution in [0.25, 0.3) is 32.8 Å². The van der Waals surface area contributed by atoms with Crippen LogP contribution in [0.5, 0.6) is 5.75 Å². The Morgan fingerprint density at radius 2 is 1.82 bits per heavy atom. The van der Waals surface area contributed by atoms with Crippen molar-refractivity contribution in [2.45, 2.75) is 20.0 Å². The molecule has 5 rings (SSSR count). The molecule has 0 aliphatic heterocycles. The van der Waals surface area contributed by atoms with Gasteiger partial charge in [-0.2, -0.15) is 0 Å². The van der Waals surface area contributed by atoms with E-state index in [4.69, 9.17) is 4.74 Å². The number of hydrogen-bond donors (Lipinski definition) is 0. The first-order valence-corrected chi connectivity index (χ1v) is 10.0. The van der Waals surface area contributed by atoms with Crippen molar-refractivity contribution in [3.63, 3.8) is 0 Å². The molecule has 0 aliphatic rings. The molecule has 0 radical (unpaired) electrons. The summed E-state index contributed by atoms with van der Waals surface area (Å²) < 4.78 is 8.39. The van der Waals surface area contributed by atoms with Gasteiger partial charge in [0.05, 0.1) is 21.7 Å². The maximum atomic E-state index is 13.1. The molecule has 2 heterocycles. The third-order valence-electron chi connectivity index (χ3n) is 4.71. The average molecular weight is 386 g/mol. The smallest absolute Gasteiger partial charge is 0.274 e. The van der Waals surface area contributed by atoms with Crippen molar-refractivity contribution in [1.82, 2.24) is 9.38 Å². The van der Waals surface area contributed by atoms with Gasteiger partial charge in [-0.3, -0.25) is 4.79 Å². The number of thiazole rings is 1. The van der Waals surface area contributed by atoms with Crippen molar-refractivity contribution < 1.29 is 4.74 Å². The molecule has 0 atom stereocenters. The van der Waals surface area contributed by atoms with Crippen LogP contribution in [0.1, 0.15) is 19.4 Å². The lowest BCUT2D eigenvalue weighted by Crippen LogP contribution is -2.22. The second kappa shape index (κ2) is 6.46. The van der Waals surface area contributed by atoms with Crippen molar-refractivity contribution >= 4 is 44.2 Å². The Kier molecular flexibility index (Phi) is 3.91. The predicted octanol–water partition coefficient (Wildman–Crippen LogP) is 4.40. The zero-order valence-corrected chi connectivity index (χ0v) is 16.4. The molecule has 0 aliphatic carbocycles. The average Bonchev–Trinajstić information content (AvgIpc) is 3.19. The van der Waals surface area contributed by atoms with Crippen molar-refractivity contribution in [2.24, 2.45) is 0 Å². The highest BCUT2D eigenvalue weighted by Gasteiger charge is 2.13. The lowest BCUT2D eigenvalue weighted by atomic mass is 10.0. The molecule has 0 fully saturated rings. The van der Waals surface area contributed by atoms with E-state index >= 15 is 0 Å². The molecule has 138 valence electrons. The predicted molar refractivity (Wildman–Crippen MR) is 115 cm³/mol. The first-order valence-electron chi connectivity index (χ1n) is 9.22. The second-order valence-corrected chi connectivity index (χ2v) is 8.01. The SMILES string of the molecule is CC(C)Oc1ccc2ccccc2c1/C=c1\sc2nc3ccccc3n2c1=O. The van der Waals surface area contributed by atoms with Crippen LogP contribution in [0.15, 0.2) is 65.5 Å². The van der Waals surface area contributed by atoms with E-state index in [9.17, 15) is 4.79 Å². The van der Waals surface area contributed by atoms with Gasteiger partial charge in [-0.15, -0.1) is 0 Å². The van der Waals surface area contributed by atoms with E-state index in [0.717, 1.165) is 33.1 Å². The van der Waals surface area contributed by atoms with E-state index in [1.54, 1.807) is 4.40 Å². The van der Waals surface area contributed by atoms with Gasteiger partial charge >= 0.3 is 0 Å².